The molecule has 0 heterocycles. The summed E-state index contributed by atoms with van der Waals surface area (Å²) in [6.45, 7) is 10.3. The number of benzene rings is 3. The van der Waals surface area contributed by atoms with Crippen LogP contribution in [-0.2, 0) is 0 Å². The summed E-state index contributed by atoms with van der Waals surface area (Å²) in [6.07, 6.45) is 4.02. The zero-order valence-electron chi connectivity index (χ0n) is 15.8. The van der Waals surface area contributed by atoms with E-state index in [4.69, 9.17) is 0 Å². The van der Waals surface area contributed by atoms with Crippen molar-refractivity contribution in [3.63, 3.8) is 0 Å². The molecule has 0 aromatic heterocycles. The van der Waals surface area contributed by atoms with E-state index in [9.17, 15) is 0 Å². The lowest BCUT2D eigenvalue weighted by atomic mass is 9.66. The molecule has 3 rings (SSSR count). The van der Waals surface area contributed by atoms with Gasteiger partial charge in [-0.15, -0.1) is 5.98 Å². The molecule has 0 bridgehead atoms. The monoisotopic (exact) mass is 335 g/mol. The molecule has 0 unspecified atom stereocenters. The van der Waals surface area contributed by atoms with Gasteiger partial charge < -0.3 is 0 Å². The van der Waals surface area contributed by atoms with Crippen molar-refractivity contribution in [2.75, 3.05) is 0 Å². The molecule has 3 aromatic rings. The number of hydrogen-bond donors (Lipinski definition) is 0. The smallest absolute Gasteiger partial charge is 0.116 e. The molecule has 0 amide bonds. The quantitative estimate of drug-likeness (QED) is 0.508. The summed E-state index contributed by atoms with van der Waals surface area (Å²) >= 11 is 0. The lowest BCUT2D eigenvalue weighted by Gasteiger charge is -2.08. The van der Waals surface area contributed by atoms with Crippen LogP contribution in [0.4, 0.5) is 0 Å². The summed E-state index contributed by atoms with van der Waals surface area (Å²) in [5.41, 5.74) is 10.1. The van der Waals surface area contributed by atoms with Crippen LogP contribution in [0.5, 0.6) is 0 Å². The fraction of sp³-hybridized carbons (Fsp3) is 0.120. The van der Waals surface area contributed by atoms with E-state index in [0.29, 0.717) is 0 Å². The number of hydrogen-bond acceptors (Lipinski definition) is 0. The van der Waals surface area contributed by atoms with Crippen molar-refractivity contribution in [1.29, 1.82) is 0 Å². The largest absolute Gasteiger partial charge is 0.182 e. The van der Waals surface area contributed by atoms with Crippen molar-refractivity contribution >= 4 is 24.9 Å². The number of aryl methyl sites for hydroxylation is 3. The summed E-state index contributed by atoms with van der Waals surface area (Å²) in [6, 6.07) is 21.6. The van der Waals surface area contributed by atoms with Crippen LogP contribution in [0.15, 0.2) is 73.2 Å². The second kappa shape index (κ2) is 8.06. The molecule has 26 heavy (non-hydrogen) atoms. The summed E-state index contributed by atoms with van der Waals surface area (Å²) in [5.74, 6) is 2.14. The third kappa shape index (κ3) is 4.24. The van der Waals surface area contributed by atoms with Gasteiger partial charge in [0.05, 0.1) is 0 Å². The first-order chi connectivity index (χ1) is 12.6. The van der Waals surface area contributed by atoms with E-state index in [1.807, 2.05) is 6.08 Å². The SMILES string of the molecule is C=Cc1ccc(-c2ccc(/C=C/[B]c3c(C)cc(C)cc3C)cc2)cc1. The van der Waals surface area contributed by atoms with Gasteiger partial charge in [0.15, 0.2) is 7.28 Å². The second-order valence-corrected chi connectivity index (χ2v) is 6.79. The predicted molar refractivity (Wildman–Crippen MR) is 117 cm³/mol. The second-order valence-electron chi connectivity index (χ2n) is 6.79. The molecule has 0 aliphatic rings. The average Bonchev–Trinajstić information content (AvgIpc) is 2.64. The van der Waals surface area contributed by atoms with Crippen molar-refractivity contribution in [2.45, 2.75) is 20.8 Å². The summed E-state index contributed by atoms with van der Waals surface area (Å²) in [7, 11) is 2.20. The van der Waals surface area contributed by atoms with E-state index in [1.54, 1.807) is 0 Å². The van der Waals surface area contributed by atoms with Crippen LogP contribution in [0.25, 0.3) is 23.3 Å². The van der Waals surface area contributed by atoms with Gasteiger partial charge in [0.25, 0.3) is 0 Å². The maximum Gasteiger partial charge on any atom is 0.182 e. The van der Waals surface area contributed by atoms with Crippen LogP contribution in [0, 0.1) is 20.8 Å². The molecule has 0 N–H and O–H groups in total. The van der Waals surface area contributed by atoms with Crippen molar-refractivity contribution in [2.24, 2.45) is 0 Å². The summed E-state index contributed by atoms with van der Waals surface area (Å²) < 4.78 is 0. The minimum Gasteiger partial charge on any atom is -0.116 e. The van der Waals surface area contributed by atoms with Crippen LogP contribution >= 0.6 is 0 Å². The fourth-order valence-electron chi connectivity index (χ4n) is 3.31. The number of rotatable bonds is 5. The minimum atomic E-state index is 1.14. The van der Waals surface area contributed by atoms with Crippen LogP contribution in [0.3, 0.4) is 0 Å². The Hall–Kier alpha value is -2.80. The van der Waals surface area contributed by atoms with Gasteiger partial charge in [0.1, 0.15) is 0 Å². The molecule has 0 saturated carbocycles. The summed E-state index contributed by atoms with van der Waals surface area (Å²) in [4.78, 5) is 0. The van der Waals surface area contributed by atoms with Gasteiger partial charge in [-0.3, -0.25) is 0 Å². The Balaban J connectivity index is 1.71. The van der Waals surface area contributed by atoms with E-state index in [-0.39, 0.29) is 0 Å². The van der Waals surface area contributed by atoms with E-state index >= 15 is 0 Å². The van der Waals surface area contributed by atoms with Gasteiger partial charge in [0, 0.05) is 0 Å². The minimum absolute atomic E-state index is 1.14. The zero-order valence-corrected chi connectivity index (χ0v) is 15.8. The average molecular weight is 335 g/mol. The fourth-order valence-corrected chi connectivity index (χ4v) is 3.31. The summed E-state index contributed by atoms with van der Waals surface area (Å²) in [5, 5.41) is 0. The highest BCUT2D eigenvalue weighted by Crippen LogP contribution is 2.21. The third-order valence-corrected chi connectivity index (χ3v) is 4.68. The van der Waals surface area contributed by atoms with E-state index < -0.39 is 0 Å². The van der Waals surface area contributed by atoms with Gasteiger partial charge in [-0.25, -0.2) is 0 Å². The molecule has 0 saturated heterocycles. The molecular weight excluding hydrogens is 311 g/mol. The topological polar surface area (TPSA) is 0 Å². The standard InChI is InChI=1S/C25H24B/c1-5-21-6-10-23(11-7-21)24-12-8-22(9-13-24)14-15-26-25-19(3)16-18(2)17-20(25)4/h5-17H,1H2,2-4H3/b15-14+. The molecule has 3 aromatic carbocycles. The Morgan fingerprint density at radius 3 is 1.73 bits per heavy atom. The molecule has 0 nitrogen and oxygen atoms in total. The maximum absolute atomic E-state index is 3.80. The highest BCUT2D eigenvalue weighted by molar-refractivity contribution is 6.60. The zero-order chi connectivity index (χ0) is 18.5. The van der Waals surface area contributed by atoms with Crippen LogP contribution < -0.4 is 5.46 Å². The maximum atomic E-state index is 3.80. The molecule has 1 heteroatoms. The van der Waals surface area contributed by atoms with Crippen molar-refractivity contribution in [3.8, 4) is 11.1 Å². The van der Waals surface area contributed by atoms with E-state index in [2.05, 4.69) is 107 Å². The van der Waals surface area contributed by atoms with Crippen LogP contribution in [-0.4, -0.2) is 7.28 Å². The van der Waals surface area contributed by atoms with Gasteiger partial charge in [-0.1, -0.05) is 102 Å². The lowest BCUT2D eigenvalue weighted by Crippen LogP contribution is -2.19. The Labute approximate surface area is 158 Å². The Kier molecular flexibility index (Phi) is 5.58. The van der Waals surface area contributed by atoms with Crippen molar-refractivity contribution in [3.05, 3.63) is 101 Å². The molecule has 0 atom stereocenters. The first kappa shape index (κ1) is 18.0. The molecule has 0 aliphatic heterocycles. The first-order valence-corrected chi connectivity index (χ1v) is 8.99. The van der Waals surface area contributed by atoms with Gasteiger partial charge in [0.2, 0.25) is 0 Å². The normalized spacial score (nSPS) is 10.9. The highest BCUT2D eigenvalue weighted by atomic mass is 14.0. The van der Waals surface area contributed by atoms with Crippen molar-refractivity contribution in [1.82, 2.24) is 0 Å². The Morgan fingerprint density at radius 2 is 1.23 bits per heavy atom. The van der Waals surface area contributed by atoms with E-state index in [0.717, 1.165) is 5.56 Å². The van der Waals surface area contributed by atoms with Gasteiger partial charge >= 0.3 is 0 Å². The Bertz CT molecular complexity index is 906. The lowest BCUT2D eigenvalue weighted by molar-refractivity contribution is 1.35. The van der Waals surface area contributed by atoms with Crippen LogP contribution in [0.1, 0.15) is 27.8 Å². The van der Waals surface area contributed by atoms with Crippen molar-refractivity contribution < 1.29 is 0 Å². The molecule has 0 fully saturated rings. The van der Waals surface area contributed by atoms with E-state index in [1.165, 1.54) is 38.8 Å². The Morgan fingerprint density at radius 1 is 0.731 bits per heavy atom. The van der Waals surface area contributed by atoms with Gasteiger partial charge in [-0.05, 0) is 43.0 Å². The molecule has 0 aliphatic carbocycles. The molecule has 127 valence electrons. The third-order valence-electron chi connectivity index (χ3n) is 4.68. The highest BCUT2D eigenvalue weighted by Gasteiger charge is 2.03. The molecular formula is C25H24B. The van der Waals surface area contributed by atoms with Gasteiger partial charge in [-0.2, -0.15) is 0 Å². The van der Waals surface area contributed by atoms with Crippen LogP contribution in [0.2, 0.25) is 0 Å². The molecule has 0 spiro atoms. The predicted octanol–water partition coefficient (Wildman–Crippen LogP) is 5.92. The first-order valence-electron chi connectivity index (χ1n) is 8.99. The molecule has 1 radical (unpaired) electrons.